The van der Waals surface area contributed by atoms with E-state index in [9.17, 15) is 9.90 Å². The van der Waals surface area contributed by atoms with Crippen molar-refractivity contribution >= 4 is 12.4 Å². The highest BCUT2D eigenvalue weighted by Crippen LogP contribution is 2.25. The largest absolute Gasteiger partial charge is 0.507 e. The summed E-state index contributed by atoms with van der Waals surface area (Å²) in [5, 5.41) is 9.48. The van der Waals surface area contributed by atoms with Crippen LogP contribution in [0.25, 0.3) is 6.08 Å². The first-order valence-corrected chi connectivity index (χ1v) is 6.31. The molecule has 0 amide bonds. The standard InChI is InChI=1S/C17H16O3/c1-3-13-4-7-16(8-5-13)20-12(2)14-6-9-17(19)15(10-14)11-18/h3-12,19H,1H2,2H3. The lowest BCUT2D eigenvalue weighted by Gasteiger charge is -2.16. The van der Waals surface area contributed by atoms with Gasteiger partial charge in [0.2, 0.25) is 0 Å². The minimum absolute atomic E-state index is 0.0220. The Bertz CT molecular complexity index is 615. The lowest BCUT2D eigenvalue weighted by molar-refractivity contribution is 0.112. The van der Waals surface area contributed by atoms with Gasteiger partial charge < -0.3 is 9.84 Å². The molecule has 0 aromatic heterocycles. The number of carbonyl (C=O) groups excluding carboxylic acids is 1. The van der Waals surface area contributed by atoms with Gasteiger partial charge >= 0.3 is 0 Å². The quantitative estimate of drug-likeness (QED) is 0.834. The fourth-order valence-electron chi connectivity index (χ4n) is 1.87. The highest BCUT2D eigenvalue weighted by Gasteiger charge is 2.10. The van der Waals surface area contributed by atoms with Crippen LogP contribution in [0.5, 0.6) is 11.5 Å². The Kier molecular flexibility index (Phi) is 4.20. The summed E-state index contributed by atoms with van der Waals surface area (Å²) in [4.78, 5) is 10.8. The first kappa shape index (κ1) is 13.9. The van der Waals surface area contributed by atoms with Crippen molar-refractivity contribution in [2.45, 2.75) is 13.0 Å². The molecule has 0 fully saturated rings. The van der Waals surface area contributed by atoms with Crippen LogP contribution in [0.3, 0.4) is 0 Å². The Morgan fingerprint density at radius 1 is 1.20 bits per heavy atom. The van der Waals surface area contributed by atoms with Gasteiger partial charge in [0.15, 0.2) is 6.29 Å². The topological polar surface area (TPSA) is 46.5 Å². The van der Waals surface area contributed by atoms with Crippen molar-refractivity contribution in [3.8, 4) is 11.5 Å². The summed E-state index contributed by atoms with van der Waals surface area (Å²) in [6.45, 7) is 5.59. The zero-order valence-corrected chi connectivity index (χ0v) is 11.2. The van der Waals surface area contributed by atoms with Gasteiger partial charge in [0, 0.05) is 0 Å². The van der Waals surface area contributed by atoms with E-state index in [1.54, 1.807) is 18.2 Å². The Labute approximate surface area is 118 Å². The van der Waals surface area contributed by atoms with Gasteiger partial charge in [-0.05, 0) is 42.3 Å². The van der Waals surface area contributed by atoms with E-state index in [0.717, 1.165) is 16.9 Å². The van der Waals surface area contributed by atoms with Crippen LogP contribution in [-0.4, -0.2) is 11.4 Å². The van der Waals surface area contributed by atoms with E-state index in [4.69, 9.17) is 4.74 Å². The molecule has 0 aliphatic heterocycles. The summed E-state index contributed by atoms with van der Waals surface area (Å²) >= 11 is 0. The van der Waals surface area contributed by atoms with Crippen molar-refractivity contribution in [1.82, 2.24) is 0 Å². The van der Waals surface area contributed by atoms with Crippen LogP contribution in [0, 0.1) is 0 Å². The van der Waals surface area contributed by atoms with Gasteiger partial charge in [0.25, 0.3) is 0 Å². The van der Waals surface area contributed by atoms with E-state index in [2.05, 4.69) is 6.58 Å². The van der Waals surface area contributed by atoms with Crippen molar-refractivity contribution < 1.29 is 14.6 Å². The van der Waals surface area contributed by atoms with Crippen LogP contribution in [0.1, 0.15) is 34.5 Å². The molecule has 3 heteroatoms. The van der Waals surface area contributed by atoms with E-state index in [1.807, 2.05) is 31.2 Å². The third-order valence-electron chi connectivity index (χ3n) is 3.08. The Morgan fingerprint density at radius 3 is 2.50 bits per heavy atom. The van der Waals surface area contributed by atoms with Crippen LogP contribution in [0.15, 0.2) is 49.0 Å². The second-order valence-electron chi connectivity index (χ2n) is 4.47. The molecule has 20 heavy (non-hydrogen) atoms. The summed E-state index contributed by atoms with van der Waals surface area (Å²) in [5.74, 6) is 0.718. The van der Waals surface area contributed by atoms with Crippen LogP contribution in [0.2, 0.25) is 0 Å². The van der Waals surface area contributed by atoms with Gasteiger partial charge in [0.05, 0.1) is 5.56 Å². The molecule has 0 aliphatic rings. The minimum atomic E-state index is -0.219. The summed E-state index contributed by atoms with van der Waals surface area (Å²) in [6, 6.07) is 12.4. The SMILES string of the molecule is C=Cc1ccc(OC(C)c2ccc(O)c(C=O)c2)cc1. The summed E-state index contributed by atoms with van der Waals surface area (Å²) in [7, 11) is 0. The smallest absolute Gasteiger partial charge is 0.153 e. The zero-order valence-electron chi connectivity index (χ0n) is 11.2. The number of phenolic OH excluding ortho intramolecular Hbond substituents is 1. The molecule has 2 rings (SSSR count). The molecule has 0 saturated carbocycles. The lowest BCUT2D eigenvalue weighted by Crippen LogP contribution is -2.03. The third-order valence-corrected chi connectivity index (χ3v) is 3.08. The maximum absolute atomic E-state index is 10.8. The Balaban J connectivity index is 2.16. The monoisotopic (exact) mass is 268 g/mol. The average Bonchev–Trinajstić information content (AvgIpc) is 2.48. The lowest BCUT2D eigenvalue weighted by atomic mass is 10.1. The molecule has 1 N–H and O–H groups in total. The molecule has 1 unspecified atom stereocenters. The number of rotatable bonds is 5. The van der Waals surface area contributed by atoms with Gasteiger partial charge in [-0.2, -0.15) is 0 Å². The Morgan fingerprint density at radius 2 is 1.90 bits per heavy atom. The van der Waals surface area contributed by atoms with E-state index >= 15 is 0 Å². The van der Waals surface area contributed by atoms with Crippen molar-refractivity contribution in [2.75, 3.05) is 0 Å². The molecule has 0 heterocycles. The molecule has 1 atom stereocenters. The molecule has 2 aromatic carbocycles. The predicted molar refractivity (Wildman–Crippen MR) is 79.1 cm³/mol. The number of aldehydes is 1. The van der Waals surface area contributed by atoms with Crippen molar-refractivity contribution in [2.24, 2.45) is 0 Å². The van der Waals surface area contributed by atoms with E-state index < -0.39 is 0 Å². The van der Waals surface area contributed by atoms with Crippen molar-refractivity contribution in [1.29, 1.82) is 0 Å². The number of hydrogen-bond donors (Lipinski definition) is 1. The van der Waals surface area contributed by atoms with Gasteiger partial charge in [-0.1, -0.05) is 30.9 Å². The second-order valence-corrected chi connectivity index (χ2v) is 4.47. The van der Waals surface area contributed by atoms with Gasteiger partial charge in [0.1, 0.15) is 17.6 Å². The molecule has 0 bridgehead atoms. The number of carbonyl (C=O) groups is 1. The number of benzene rings is 2. The fraction of sp³-hybridized carbons (Fsp3) is 0.118. The predicted octanol–water partition coefficient (Wildman–Crippen LogP) is 3.99. The van der Waals surface area contributed by atoms with Gasteiger partial charge in [-0.25, -0.2) is 0 Å². The number of phenols is 1. The molecule has 3 nitrogen and oxygen atoms in total. The zero-order chi connectivity index (χ0) is 14.5. The molecular weight excluding hydrogens is 252 g/mol. The molecule has 0 saturated heterocycles. The van der Waals surface area contributed by atoms with Gasteiger partial charge in [-0.3, -0.25) is 4.79 Å². The number of aromatic hydroxyl groups is 1. The van der Waals surface area contributed by atoms with Crippen molar-refractivity contribution in [3.63, 3.8) is 0 Å². The summed E-state index contributed by atoms with van der Waals surface area (Å²) in [5.41, 5.74) is 2.12. The summed E-state index contributed by atoms with van der Waals surface area (Å²) < 4.78 is 5.81. The van der Waals surface area contributed by atoms with E-state index in [1.165, 1.54) is 6.07 Å². The molecule has 2 aromatic rings. The first-order valence-electron chi connectivity index (χ1n) is 6.31. The highest BCUT2D eigenvalue weighted by atomic mass is 16.5. The third kappa shape index (κ3) is 3.06. The van der Waals surface area contributed by atoms with Crippen molar-refractivity contribution in [3.05, 3.63) is 65.7 Å². The van der Waals surface area contributed by atoms with E-state index in [0.29, 0.717) is 6.29 Å². The van der Waals surface area contributed by atoms with Crippen LogP contribution in [0.4, 0.5) is 0 Å². The van der Waals surface area contributed by atoms with Crippen LogP contribution in [-0.2, 0) is 0 Å². The fourth-order valence-corrected chi connectivity index (χ4v) is 1.87. The minimum Gasteiger partial charge on any atom is -0.507 e. The van der Waals surface area contributed by atoms with Crippen LogP contribution >= 0.6 is 0 Å². The maximum Gasteiger partial charge on any atom is 0.153 e. The molecule has 102 valence electrons. The molecule has 0 spiro atoms. The maximum atomic E-state index is 10.8. The normalized spacial score (nSPS) is 11.7. The van der Waals surface area contributed by atoms with E-state index in [-0.39, 0.29) is 17.4 Å². The molecule has 0 radical (unpaired) electrons. The number of ether oxygens (including phenoxy) is 1. The second kappa shape index (κ2) is 6.06. The Hall–Kier alpha value is -2.55. The highest BCUT2D eigenvalue weighted by molar-refractivity contribution is 5.79. The van der Waals surface area contributed by atoms with Crippen LogP contribution < -0.4 is 4.74 Å². The summed E-state index contributed by atoms with van der Waals surface area (Å²) in [6.07, 6.45) is 2.18. The first-order chi connectivity index (χ1) is 9.63. The average molecular weight is 268 g/mol. The number of hydrogen-bond acceptors (Lipinski definition) is 3. The molecule has 0 aliphatic carbocycles. The van der Waals surface area contributed by atoms with Gasteiger partial charge in [-0.15, -0.1) is 0 Å². The molecular formula is C17H16O3.